The van der Waals surface area contributed by atoms with Crippen molar-refractivity contribution in [2.45, 2.75) is 0 Å². The quantitative estimate of drug-likeness (QED) is 0.377. The smallest absolute Gasteiger partial charge is 0.302 e. The van der Waals surface area contributed by atoms with Gasteiger partial charge in [0.05, 0.1) is 13.2 Å². The molecule has 0 aromatic rings. The van der Waals surface area contributed by atoms with E-state index in [0.29, 0.717) is 0 Å². The van der Waals surface area contributed by atoms with Gasteiger partial charge in [-0.25, -0.2) is 13.7 Å². The lowest BCUT2D eigenvalue weighted by atomic mass is 10.9. The summed E-state index contributed by atoms with van der Waals surface area (Å²) in [6, 6.07) is 0. The molecule has 0 aliphatic carbocycles. The van der Waals surface area contributed by atoms with Crippen LogP contribution in [0.25, 0.3) is 0 Å². The Morgan fingerprint density at radius 2 is 1.26 bits per heavy atom. The summed E-state index contributed by atoms with van der Waals surface area (Å²) < 4.78 is 49.8. The predicted octanol–water partition coefficient (Wildman–Crippen LogP) is 1.83. The van der Waals surface area contributed by atoms with E-state index >= 15 is 0 Å². The summed E-state index contributed by atoms with van der Waals surface area (Å²) in [5.74, 6) is -0.292. The topological polar surface area (TPSA) is 149 Å². The lowest BCUT2D eigenvalue weighted by molar-refractivity contribution is 0.147. The molecule has 1 atom stereocenters. The van der Waals surface area contributed by atoms with E-state index in [-0.39, 0.29) is 25.0 Å². The molecule has 0 spiro atoms. The Morgan fingerprint density at radius 1 is 0.842 bits per heavy atom. The number of phosphoric acid groups is 3. The van der Waals surface area contributed by atoms with E-state index in [1.165, 1.54) is 0 Å². The van der Waals surface area contributed by atoms with Gasteiger partial charge < -0.3 is 14.7 Å². The Bertz CT molecular complexity index is 396. The normalized spacial score (nSPS) is 16.3. The van der Waals surface area contributed by atoms with Crippen LogP contribution in [0.1, 0.15) is 0 Å². The van der Waals surface area contributed by atoms with Crippen molar-refractivity contribution in [3.05, 3.63) is 0 Å². The van der Waals surface area contributed by atoms with Gasteiger partial charge in [0.25, 0.3) is 0 Å². The minimum absolute atomic E-state index is 0.146. The third-order valence-electron chi connectivity index (χ3n) is 1.07. The first-order valence-corrected chi connectivity index (χ1v) is 9.91. The predicted molar refractivity (Wildman–Crippen MR) is 65.0 cm³/mol. The molecule has 0 aliphatic heterocycles. The van der Waals surface area contributed by atoms with Crippen molar-refractivity contribution >= 4 is 46.7 Å². The first-order chi connectivity index (χ1) is 8.54. The van der Waals surface area contributed by atoms with Crippen molar-refractivity contribution in [3.8, 4) is 0 Å². The van der Waals surface area contributed by atoms with Crippen LogP contribution >= 0.6 is 46.7 Å². The fourth-order valence-electron chi connectivity index (χ4n) is 0.653. The van der Waals surface area contributed by atoms with E-state index in [9.17, 15) is 13.7 Å². The third-order valence-corrected chi connectivity index (χ3v) is 5.67. The monoisotopic (exact) mass is 382 g/mol. The highest BCUT2D eigenvalue weighted by molar-refractivity contribution is 7.66. The number of alkyl halides is 2. The summed E-state index contributed by atoms with van der Waals surface area (Å²) >= 11 is 10.5. The molecule has 1 unspecified atom stereocenters. The molecular weight excluding hydrogens is 372 g/mol. The van der Waals surface area contributed by atoms with Gasteiger partial charge in [-0.15, -0.1) is 23.2 Å². The maximum atomic E-state index is 11.8. The van der Waals surface area contributed by atoms with Crippen LogP contribution in [0.5, 0.6) is 0 Å². The Kier molecular flexibility index (Phi) is 8.88. The number of rotatable bonds is 10. The average Bonchev–Trinajstić information content (AvgIpc) is 2.19. The minimum Gasteiger partial charge on any atom is -0.302 e. The van der Waals surface area contributed by atoms with Crippen molar-refractivity contribution in [3.63, 3.8) is 0 Å². The number of hydrogen-bond donors (Lipinski definition) is 3. The van der Waals surface area contributed by atoms with Crippen LogP contribution in [-0.4, -0.2) is 39.7 Å². The van der Waals surface area contributed by atoms with Gasteiger partial charge in [0, 0.05) is 11.8 Å². The SMILES string of the molecule is O=P(O)(O)OP(=O)(O)OP(=O)(OCCCl)OCCCl. The summed E-state index contributed by atoms with van der Waals surface area (Å²) in [5, 5.41) is 0. The largest absolute Gasteiger partial charge is 0.490 e. The van der Waals surface area contributed by atoms with Crippen molar-refractivity contribution in [2.24, 2.45) is 0 Å². The summed E-state index contributed by atoms with van der Waals surface area (Å²) in [7, 11) is -15.3. The molecule has 0 amide bonds. The highest BCUT2D eigenvalue weighted by Gasteiger charge is 2.42. The molecule has 19 heavy (non-hydrogen) atoms. The molecule has 0 heterocycles. The van der Waals surface area contributed by atoms with Crippen LogP contribution < -0.4 is 0 Å². The lowest BCUT2D eigenvalue weighted by Crippen LogP contribution is -2.04. The van der Waals surface area contributed by atoms with Crippen LogP contribution in [0.15, 0.2) is 0 Å². The van der Waals surface area contributed by atoms with Gasteiger partial charge in [0.1, 0.15) is 0 Å². The molecule has 116 valence electrons. The first kappa shape index (κ1) is 20.0. The van der Waals surface area contributed by atoms with Gasteiger partial charge in [-0.2, -0.15) is 8.62 Å². The molecule has 0 aliphatic rings. The lowest BCUT2D eigenvalue weighted by Gasteiger charge is -2.19. The molecule has 0 aromatic carbocycles. The zero-order valence-electron chi connectivity index (χ0n) is 9.13. The Hall–Kier alpha value is 0.990. The maximum Gasteiger partial charge on any atom is 0.490 e. The summed E-state index contributed by atoms with van der Waals surface area (Å²) in [4.78, 5) is 25.7. The minimum atomic E-state index is -5.38. The van der Waals surface area contributed by atoms with E-state index in [1.54, 1.807) is 0 Å². The molecule has 0 bridgehead atoms. The zero-order valence-corrected chi connectivity index (χ0v) is 13.3. The molecule has 0 rings (SSSR count). The first-order valence-electron chi connectivity index (χ1n) is 4.36. The van der Waals surface area contributed by atoms with E-state index in [4.69, 9.17) is 37.9 Å². The van der Waals surface area contributed by atoms with Crippen LogP contribution in [0.3, 0.4) is 0 Å². The van der Waals surface area contributed by atoms with E-state index in [0.717, 1.165) is 0 Å². The van der Waals surface area contributed by atoms with Gasteiger partial charge in [0.2, 0.25) is 0 Å². The third kappa shape index (κ3) is 10.4. The fraction of sp³-hybridized carbons (Fsp3) is 1.00. The van der Waals surface area contributed by atoms with Gasteiger partial charge in [-0.1, -0.05) is 0 Å². The van der Waals surface area contributed by atoms with Crippen molar-refractivity contribution in [1.82, 2.24) is 0 Å². The van der Waals surface area contributed by atoms with Gasteiger partial charge in [0.15, 0.2) is 0 Å². The second-order valence-electron chi connectivity index (χ2n) is 2.61. The van der Waals surface area contributed by atoms with E-state index in [2.05, 4.69) is 17.7 Å². The summed E-state index contributed by atoms with van der Waals surface area (Å²) in [5.41, 5.74) is 0. The molecule has 10 nitrogen and oxygen atoms in total. The zero-order chi connectivity index (χ0) is 15.2. The molecule has 0 aromatic heterocycles. The Morgan fingerprint density at radius 3 is 1.58 bits per heavy atom. The number of hydrogen-bond acceptors (Lipinski definition) is 7. The fourth-order valence-corrected chi connectivity index (χ4v) is 4.58. The van der Waals surface area contributed by atoms with Crippen LogP contribution in [0.2, 0.25) is 0 Å². The molecule has 0 saturated carbocycles. The second kappa shape index (κ2) is 8.44. The van der Waals surface area contributed by atoms with Gasteiger partial charge in [-0.05, 0) is 0 Å². The van der Waals surface area contributed by atoms with Crippen molar-refractivity contribution in [2.75, 3.05) is 25.0 Å². The van der Waals surface area contributed by atoms with Crippen LogP contribution in [-0.2, 0) is 31.4 Å². The highest BCUT2D eigenvalue weighted by Crippen LogP contribution is 2.68. The van der Waals surface area contributed by atoms with E-state index < -0.39 is 23.5 Å². The Balaban J connectivity index is 4.84. The molecule has 0 fully saturated rings. The standard InChI is InChI=1S/C4H11Cl2O10P3/c5-1-3-13-19(12,14-4-2-6)16-18(10,11)15-17(7,8)9/h1-4H2,(H,10,11)(H2,7,8,9). The maximum absolute atomic E-state index is 11.8. The van der Waals surface area contributed by atoms with Crippen LogP contribution in [0, 0.1) is 0 Å². The van der Waals surface area contributed by atoms with Gasteiger partial charge >= 0.3 is 23.5 Å². The summed E-state index contributed by atoms with van der Waals surface area (Å²) in [6.07, 6.45) is 0. The van der Waals surface area contributed by atoms with Gasteiger partial charge in [-0.3, -0.25) is 9.05 Å². The highest BCUT2D eigenvalue weighted by atomic mass is 35.5. The van der Waals surface area contributed by atoms with Crippen LogP contribution in [0.4, 0.5) is 0 Å². The molecule has 3 N–H and O–H groups in total. The number of phosphoric ester groups is 1. The van der Waals surface area contributed by atoms with Crippen molar-refractivity contribution in [1.29, 1.82) is 0 Å². The summed E-state index contributed by atoms with van der Waals surface area (Å²) in [6.45, 7) is -0.756. The van der Waals surface area contributed by atoms with E-state index in [1.807, 2.05) is 0 Å². The molecule has 15 heteroatoms. The molecular formula is C4H11Cl2O10P3. The second-order valence-corrected chi connectivity index (χ2v) is 8.01. The molecule has 0 radical (unpaired) electrons. The molecule has 0 saturated heterocycles. The van der Waals surface area contributed by atoms with Crippen molar-refractivity contribution < 1.29 is 46.0 Å². The Labute approximate surface area is 118 Å². The number of halogens is 2. The average molecular weight is 383 g/mol.